The zero-order valence-electron chi connectivity index (χ0n) is 26.2. The first kappa shape index (κ1) is 35.0. The van der Waals surface area contributed by atoms with Gasteiger partial charge in [-0.2, -0.15) is 0 Å². The van der Waals surface area contributed by atoms with Crippen LogP contribution in [-0.4, -0.2) is 44.3 Å². The molecule has 1 N–H and O–H groups in total. The highest BCUT2D eigenvalue weighted by Crippen LogP contribution is 2.27. The molecule has 7 nitrogen and oxygen atoms in total. The normalized spacial score (nSPS) is 11.9. The Morgan fingerprint density at radius 3 is 2.09 bits per heavy atom. The molecule has 0 saturated heterocycles. The van der Waals surface area contributed by atoms with Crippen LogP contribution >= 0.6 is 23.2 Å². The number of unbranched alkanes of at least 4 members (excludes halogenated alkanes) is 1. The van der Waals surface area contributed by atoms with Gasteiger partial charge >= 0.3 is 0 Å². The van der Waals surface area contributed by atoms with E-state index < -0.39 is 28.5 Å². The zero-order valence-corrected chi connectivity index (χ0v) is 28.6. The molecule has 0 spiro atoms. The second-order valence-corrected chi connectivity index (χ2v) is 14.0. The molecule has 0 aliphatic heterocycles. The number of rotatable bonds is 14. The maximum Gasteiger partial charge on any atom is 0.264 e. The Hall–Kier alpha value is -3.85. The highest BCUT2D eigenvalue weighted by atomic mass is 35.5. The quantitative estimate of drug-likeness (QED) is 0.141. The molecule has 0 unspecified atom stereocenters. The van der Waals surface area contributed by atoms with Gasteiger partial charge in [0.25, 0.3) is 10.0 Å². The van der Waals surface area contributed by atoms with Crippen molar-refractivity contribution in [2.45, 2.75) is 57.5 Å². The van der Waals surface area contributed by atoms with Crippen LogP contribution in [0.3, 0.4) is 0 Å². The van der Waals surface area contributed by atoms with Crippen LogP contribution in [0.1, 0.15) is 42.0 Å². The smallest absolute Gasteiger partial charge is 0.264 e. The summed E-state index contributed by atoms with van der Waals surface area (Å²) < 4.78 is 29.4. The first-order valence-corrected chi connectivity index (χ1v) is 17.4. The van der Waals surface area contributed by atoms with Crippen molar-refractivity contribution in [3.63, 3.8) is 0 Å². The van der Waals surface area contributed by atoms with Gasteiger partial charge in [-0.3, -0.25) is 13.9 Å². The molecule has 0 aromatic heterocycles. The molecule has 0 heterocycles. The van der Waals surface area contributed by atoms with Gasteiger partial charge < -0.3 is 10.2 Å². The minimum absolute atomic E-state index is 0.0418. The van der Waals surface area contributed by atoms with Crippen molar-refractivity contribution < 1.29 is 18.0 Å². The lowest BCUT2D eigenvalue weighted by Crippen LogP contribution is -2.53. The van der Waals surface area contributed by atoms with Crippen LogP contribution in [0.2, 0.25) is 10.0 Å². The minimum atomic E-state index is -4.18. The van der Waals surface area contributed by atoms with Crippen molar-refractivity contribution >= 4 is 50.7 Å². The van der Waals surface area contributed by atoms with E-state index in [-0.39, 0.29) is 23.8 Å². The lowest BCUT2D eigenvalue weighted by Gasteiger charge is -2.34. The fourth-order valence-corrected chi connectivity index (χ4v) is 6.85. The average Bonchev–Trinajstić information content (AvgIpc) is 3.03. The summed E-state index contributed by atoms with van der Waals surface area (Å²) in [6, 6.07) is 26.8. The summed E-state index contributed by atoms with van der Waals surface area (Å²) in [6.45, 7) is 5.66. The number of halogens is 2. The number of aryl methyl sites for hydroxylation is 2. The van der Waals surface area contributed by atoms with Crippen LogP contribution in [0.5, 0.6) is 0 Å². The summed E-state index contributed by atoms with van der Waals surface area (Å²) in [6.07, 6.45) is 1.87. The molecule has 1 atom stereocenters. The highest BCUT2D eigenvalue weighted by molar-refractivity contribution is 7.92. The summed E-state index contributed by atoms with van der Waals surface area (Å²) in [7, 11) is -4.18. The molecule has 242 valence electrons. The Kier molecular flexibility index (Phi) is 12.3. The minimum Gasteiger partial charge on any atom is -0.354 e. The van der Waals surface area contributed by atoms with Crippen LogP contribution in [0.25, 0.3) is 0 Å². The highest BCUT2D eigenvalue weighted by Gasteiger charge is 2.35. The Labute approximate surface area is 282 Å². The van der Waals surface area contributed by atoms with Gasteiger partial charge in [0.15, 0.2) is 0 Å². The lowest BCUT2D eigenvalue weighted by molar-refractivity contribution is -0.140. The monoisotopic (exact) mass is 679 g/mol. The number of amides is 2. The van der Waals surface area contributed by atoms with E-state index in [0.717, 1.165) is 33.8 Å². The van der Waals surface area contributed by atoms with E-state index in [4.69, 9.17) is 23.2 Å². The van der Waals surface area contributed by atoms with Gasteiger partial charge in [-0.05, 0) is 67.8 Å². The molecule has 2 amide bonds. The van der Waals surface area contributed by atoms with E-state index in [2.05, 4.69) is 5.32 Å². The summed E-state index contributed by atoms with van der Waals surface area (Å²) in [5, 5.41) is 3.74. The van der Waals surface area contributed by atoms with Crippen molar-refractivity contribution in [1.82, 2.24) is 10.2 Å². The number of carbonyl (C=O) groups excluding carboxylic acids is 2. The lowest BCUT2D eigenvalue weighted by atomic mass is 10.0. The van der Waals surface area contributed by atoms with Gasteiger partial charge in [0, 0.05) is 29.6 Å². The fraction of sp³-hybridized carbons (Fsp3) is 0.278. The molecule has 0 aliphatic carbocycles. The van der Waals surface area contributed by atoms with Crippen molar-refractivity contribution in [1.29, 1.82) is 0 Å². The largest absolute Gasteiger partial charge is 0.354 e. The van der Waals surface area contributed by atoms with E-state index in [1.54, 1.807) is 54.6 Å². The Balaban J connectivity index is 1.80. The van der Waals surface area contributed by atoms with E-state index in [1.165, 1.54) is 17.0 Å². The number of nitrogens with one attached hydrogen (secondary N) is 1. The molecule has 0 aliphatic rings. The van der Waals surface area contributed by atoms with Crippen molar-refractivity contribution in [3.05, 3.63) is 129 Å². The third kappa shape index (κ3) is 9.12. The first-order chi connectivity index (χ1) is 22.0. The molecular weight excluding hydrogens is 641 g/mol. The summed E-state index contributed by atoms with van der Waals surface area (Å²) >= 11 is 12.7. The second-order valence-electron chi connectivity index (χ2n) is 11.3. The van der Waals surface area contributed by atoms with Gasteiger partial charge in [0.1, 0.15) is 12.6 Å². The zero-order chi connectivity index (χ0) is 33.3. The van der Waals surface area contributed by atoms with Gasteiger partial charge in [-0.1, -0.05) is 108 Å². The maximum atomic E-state index is 14.5. The standard InChI is InChI=1S/C36H39Cl2N3O4S/c1-4-5-21-39-36(43)34(22-28-9-7-6-8-10-28)40(24-29-15-16-30(37)23-33(29)38)35(42)25-41(31-17-11-26(2)12-18-31)46(44,45)32-19-13-27(3)14-20-32/h6-20,23,34H,4-5,21-22,24-25H2,1-3H3,(H,39,43)/t34-/m0/s1. The number of nitrogens with zero attached hydrogens (tertiary/aromatic N) is 2. The molecule has 4 rings (SSSR count). The average molecular weight is 681 g/mol. The maximum absolute atomic E-state index is 14.5. The molecule has 0 saturated carbocycles. The second kappa shape index (κ2) is 16.1. The molecule has 4 aromatic carbocycles. The Bertz CT molecular complexity index is 1730. The number of benzene rings is 4. The van der Waals surface area contributed by atoms with E-state index in [9.17, 15) is 18.0 Å². The van der Waals surface area contributed by atoms with Gasteiger partial charge in [0.05, 0.1) is 10.6 Å². The Morgan fingerprint density at radius 2 is 1.48 bits per heavy atom. The molecule has 4 aromatic rings. The van der Waals surface area contributed by atoms with Crippen LogP contribution in [-0.2, 0) is 32.6 Å². The van der Waals surface area contributed by atoms with Gasteiger partial charge in [0.2, 0.25) is 11.8 Å². The van der Waals surface area contributed by atoms with E-state index >= 15 is 0 Å². The molecule has 0 radical (unpaired) electrons. The van der Waals surface area contributed by atoms with Crippen LogP contribution in [0.15, 0.2) is 102 Å². The fourth-order valence-electron chi connectivity index (χ4n) is 4.97. The third-order valence-electron chi connectivity index (χ3n) is 7.67. The van der Waals surface area contributed by atoms with Crippen molar-refractivity contribution in [2.75, 3.05) is 17.4 Å². The van der Waals surface area contributed by atoms with Gasteiger partial charge in [-0.15, -0.1) is 0 Å². The van der Waals surface area contributed by atoms with Crippen molar-refractivity contribution in [3.8, 4) is 0 Å². The molecule has 0 bridgehead atoms. The third-order valence-corrected chi connectivity index (χ3v) is 10.0. The predicted octanol–water partition coefficient (Wildman–Crippen LogP) is 7.36. The molecular formula is C36H39Cl2N3O4S. The summed E-state index contributed by atoms with van der Waals surface area (Å²) in [4.78, 5) is 29.9. The molecule has 10 heteroatoms. The molecule has 0 fully saturated rings. The summed E-state index contributed by atoms with van der Waals surface area (Å²) in [5.74, 6) is -0.895. The van der Waals surface area contributed by atoms with Crippen LogP contribution in [0, 0.1) is 13.8 Å². The number of hydrogen-bond donors (Lipinski definition) is 1. The number of anilines is 1. The Morgan fingerprint density at radius 1 is 0.848 bits per heavy atom. The molecule has 46 heavy (non-hydrogen) atoms. The van der Waals surface area contributed by atoms with Gasteiger partial charge in [-0.25, -0.2) is 8.42 Å². The topological polar surface area (TPSA) is 86.8 Å². The van der Waals surface area contributed by atoms with Crippen LogP contribution < -0.4 is 9.62 Å². The first-order valence-electron chi connectivity index (χ1n) is 15.2. The SMILES string of the molecule is CCCCNC(=O)[C@H](Cc1ccccc1)N(Cc1ccc(Cl)cc1Cl)C(=O)CN(c1ccc(C)cc1)S(=O)(=O)c1ccc(C)cc1. The van der Waals surface area contributed by atoms with E-state index in [1.807, 2.05) is 51.1 Å². The predicted molar refractivity (Wildman–Crippen MR) is 186 cm³/mol. The van der Waals surface area contributed by atoms with E-state index in [0.29, 0.717) is 27.8 Å². The number of carbonyl (C=O) groups is 2. The number of hydrogen-bond acceptors (Lipinski definition) is 4. The summed E-state index contributed by atoms with van der Waals surface area (Å²) in [5.41, 5.74) is 3.59. The van der Waals surface area contributed by atoms with Crippen molar-refractivity contribution in [2.24, 2.45) is 0 Å². The number of sulfonamides is 1. The van der Waals surface area contributed by atoms with Crippen LogP contribution in [0.4, 0.5) is 5.69 Å².